The van der Waals surface area contributed by atoms with E-state index in [1.54, 1.807) is 30.3 Å². The van der Waals surface area contributed by atoms with Crippen LogP contribution >= 0.6 is 23.2 Å². The van der Waals surface area contributed by atoms with Crippen molar-refractivity contribution in [2.75, 3.05) is 20.1 Å². The Hall–Kier alpha value is -1.69. The van der Waals surface area contributed by atoms with E-state index < -0.39 is 0 Å². The molecular weight excluding hydrogens is 363 g/mol. The molecule has 5 nitrogen and oxygen atoms in total. The highest BCUT2D eigenvalue weighted by molar-refractivity contribution is 6.35. The fraction of sp³-hybridized carbons (Fsp3) is 0.389. The van der Waals surface area contributed by atoms with Crippen molar-refractivity contribution >= 4 is 29.1 Å². The zero-order valence-electron chi connectivity index (χ0n) is 13.9. The van der Waals surface area contributed by atoms with Crippen molar-refractivity contribution in [2.45, 2.75) is 25.5 Å². The van der Waals surface area contributed by atoms with E-state index in [2.05, 4.69) is 17.3 Å². The molecule has 1 fully saturated rings. The van der Waals surface area contributed by atoms with Gasteiger partial charge in [0.1, 0.15) is 18.1 Å². The van der Waals surface area contributed by atoms with Crippen LogP contribution in [-0.4, -0.2) is 37.0 Å². The Kier molecular flexibility index (Phi) is 5.89. The Morgan fingerprint density at radius 3 is 2.76 bits per heavy atom. The third kappa shape index (κ3) is 4.91. The maximum atomic E-state index is 12.3. The molecule has 0 unspecified atom stereocenters. The van der Waals surface area contributed by atoms with Crippen molar-refractivity contribution in [2.24, 2.45) is 0 Å². The first-order valence-electron chi connectivity index (χ1n) is 8.17. The molecule has 3 rings (SSSR count). The first-order chi connectivity index (χ1) is 12.0. The summed E-state index contributed by atoms with van der Waals surface area (Å²) in [5.74, 6) is 1.17. The summed E-state index contributed by atoms with van der Waals surface area (Å²) in [6.45, 7) is 2.16. The second kappa shape index (κ2) is 8.13. The van der Waals surface area contributed by atoms with Crippen LogP contribution in [0.3, 0.4) is 0 Å². The van der Waals surface area contributed by atoms with Gasteiger partial charge >= 0.3 is 0 Å². The van der Waals surface area contributed by atoms with E-state index >= 15 is 0 Å². The van der Waals surface area contributed by atoms with E-state index in [0.29, 0.717) is 27.3 Å². The predicted molar refractivity (Wildman–Crippen MR) is 97.5 cm³/mol. The molecule has 1 saturated heterocycles. The quantitative estimate of drug-likeness (QED) is 0.849. The summed E-state index contributed by atoms with van der Waals surface area (Å²) in [7, 11) is 2.09. The number of halogens is 2. The van der Waals surface area contributed by atoms with E-state index in [1.165, 1.54) is 0 Å². The van der Waals surface area contributed by atoms with Crippen molar-refractivity contribution in [1.82, 2.24) is 10.2 Å². The minimum absolute atomic E-state index is 0.183. The fourth-order valence-electron chi connectivity index (χ4n) is 2.73. The lowest BCUT2D eigenvalue weighted by Gasteiger charge is -2.29. The molecule has 1 aliphatic rings. The third-order valence-electron chi connectivity index (χ3n) is 4.20. The lowest BCUT2D eigenvalue weighted by molar-refractivity contribution is 0.0884. The summed E-state index contributed by atoms with van der Waals surface area (Å²) in [6, 6.07) is 8.59. The molecule has 1 aromatic heterocycles. The fourth-order valence-corrected chi connectivity index (χ4v) is 3.19. The van der Waals surface area contributed by atoms with E-state index in [0.717, 1.165) is 25.9 Å². The van der Waals surface area contributed by atoms with Gasteiger partial charge in [-0.1, -0.05) is 23.2 Å². The number of rotatable bonds is 5. The van der Waals surface area contributed by atoms with Gasteiger partial charge in [-0.3, -0.25) is 4.79 Å². The monoisotopic (exact) mass is 382 g/mol. The van der Waals surface area contributed by atoms with Crippen LogP contribution < -0.4 is 10.1 Å². The molecule has 25 heavy (non-hydrogen) atoms. The molecule has 0 aliphatic carbocycles. The van der Waals surface area contributed by atoms with Gasteiger partial charge in [0, 0.05) is 11.1 Å². The number of carbonyl (C=O) groups excluding carboxylic acids is 1. The number of nitrogens with zero attached hydrogens (tertiary/aromatic N) is 1. The Labute approximate surface area is 156 Å². The van der Waals surface area contributed by atoms with E-state index in [9.17, 15) is 4.79 Å². The van der Waals surface area contributed by atoms with Crippen molar-refractivity contribution in [3.05, 3.63) is 51.9 Å². The average Bonchev–Trinajstić information content (AvgIpc) is 3.05. The average molecular weight is 383 g/mol. The highest BCUT2D eigenvalue weighted by Gasteiger charge is 2.20. The molecule has 1 aromatic carbocycles. The number of benzene rings is 1. The summed E-state index contributed by atoms with van der Waals surface area (Å²) in [4.78, 5) is 14.5. The molecule has 0 atom stereocenters. The molecule has 0 bridgehead atoms. The summed E-state index contributed by atoms with van der Waals surface area (Å²) in [5.41, 5.74) is 0. The lowest BCUT2D eigenvalue weighted by Crippen LogP contribution is -2.43. The van der Waals surface area contributed by atoms with Crippen molar-refractivity contribution in [3.8, 4) is 5.75 Å². The summed E-state index contributed by atoms with van der Waals surface area (Å²) in [5, 5.41) is 4.00. The molecule has 7 heteroatoms. The number of hydrogen-bond donors (Lipinski definition) is 1. The highest BCUT2D eigenvalue weighted by atomic mass is 35.5. The molecule has 0 spiro atoms. The molecular formula is C18H20Cl2N2O3. The second-order valence-electron chi connectivity index (χ2n) is 6.18. The Morgan fingerprint density at radius 1 is 1.28 bits per heavy atom. The van der Waals surface area contributed by atoms with Crippen LogP contribution in [0.25, 0.3) is 0 Å². The van der Waals surface area contributed by atoms with E-state index in [-0.39, 0.29) is 18.6 Å². The molecule has 0 saturated carbocycles. The number of likely N-dealkylation sites (tertiary alicyclic amines) is 1. The smallest absolute Gasteiger partial charge is 0.287 e. The Balaban J connectivity index is 1.54. The van der Waals surface area contributed by atoms with Crippen LogP contribution in [0.5, 0.6) is 5.75 Å². The molecule has 0 radical (unpaired) electrons. The number of piperidine rings is 1. The molecule has 134 valence electrons. The zero-order valence-corrected chi connectivity index (χ0v) is 15.4. The minimum atomic E-state index is -0.190. The van der Waals surface area contributed by atoms with Crippen LogP contribution in [0.15, 0.2) is 34.7 Å². The van der Waals surface area contributed by atoms with Crippen LogP contribution in [0, 0.1) is 0 Å². The van der Waals surface area contributed by atoms with Crippen molar-refractivity contribution in [3.63, 3.8) is 0 Å². The molecule has 2 aromatic rings. The lowest BCUT2D eigenvalue weighted by atomic mass is 10.1. The summed E-state index contributed by atoms with van der Waals surface area (Å²) >= 11 is 11.9. The van der Waals surface area contributed by atoms with Gasteiger partial charge in [0.2, 0.25) is 0 Å². The van der Waals surface area contributed by atoms with Gasteiger partial charge in [-0.15, -0.1) is 0 Å². The van der Waals surface area contributed by atoms with Gasteiger partial charge in [0.05, 0.1) is 5.02 Å². The number of furan rings is 1. The number of nitrogens with one attached hydrogen (secondary N) is 1. The highest BCUT2D eigenvalue weighted by Crippen LogP contribution is 2.28. The number of ether oxygens (including phenoxy) is 1. The molecule has 1 N–H and O–H groups in total. The molecule has 2 heterocycles. The first kappa shape index (κ1) is 18.1. The summed E-state index contributed by atoms with van der Waals surface area (Å²) < 4.78 is 11.2. The van der Waals surface area contributed by atoms with Gasteiger partial charge in [-0.25, -0.2) is 0 Å². The van der Waals surface area contributed by atoms with Gasteiger partial charge in [-0.05, 0) is 63.3 Å². The number of carbonyl (C=O) groups is 1. The first-order valence-corrected chi connectivity index (χ1v) is 8.93. The molecule has 1 amide bonds. The van der Waals surface area contributed by atoms with E-state index in [1.807, 2.05) is 0 Å². The Morgan fingerprint density at radius 2 is 2.04 bits per heavy atom. The van der Waals surface area contributed by atoms with Crippen LogP contribution in [0.4, 0.5) is 0 Å². The number of amides is 1. The third-order valence-corrected chi connectivity index (χ3v) is 4.73. The van der Waals surface area contributed by atoms with Gasteiger partial charge in [-0.2, -0.15) is 0 Å². The Bertz CT molecular complexity index is 740. The normalized spacial score (nSPS) is 16.0. The largest absolute Gasteiger partial charge is 0.484 e. The van der Waals surface area contributed by atoms with Gasteiger partial charge in [0.15, 0.2) is 5.76 Å². The maximum absolute atomic E-state index is 12.3. The number of hydrogen-bond acceptors (Lipinski definition) is 4. The second-order valence-corrected chi connectivity index (χ2v) is 7.02. The van der Waals surface area contributed by atoms with E-state index in [4.69, 9.17) is 32.4 Å². The van der Waals surface area contributed by atoms with Crippen LogP contribution in [0.1, 0.15) is 29.2 Å². The van der Waals surface area contributed by atoms with Crippen molar-refractivity contribution in [1.29, 1.82) is 0 Å². The molecule has 1 aliphatic heterocycles. The SMILES string of the molecule is CN1CCC(NC(=O)c2ccc(COc3ccc(Cl)cc3Cl)o2)CC1. The standard InChI is InChI=1S/C18H20Cl2N2O3/c1-22-8-6-13(7-9-22)21-18(23)17-5-3-14(25-17)11-24-16-4-2-12(19)10-15(16)20/h2-5,10,13H,6-9,11H2,1H3,(H,21,23). The topological polar surface area (TPSA) is 54.7 Å². The minimum Gasteiger partial charge on any atom is -0.484 e. The summed E-state index contributed by atoms with van der Waals surface area (Å²) in [6.07, 6.45) is 1.90. The maximum Gasteiger partial charge on any atom is 0.287 e. The van der Waals surface area contributed by atoms with Crippen LogP contribution in [-0.2, 0) is 6.61 Å². The zero-order chi connectivity index (χ0) is 17.8. The predicted octanol–water partition coefficient (Wildman–Crippen LogP) is 3.99. The van der Waals surface area contributed by atoms with Crippen molar-refractivity contribution < 1.29 is 13.9 Å². The van der Waals surface area contributed by atoms with Crippen LogP contribution in [0.2, 0.25) is 10.0 Å². The van der Waals surface area contributed by atoms with Gasteiger partial charge in [0.25, 0.3) is 5.91 Å². The van der Waals surface area contributed by atoms with Gasteiger partial charge < -0.3 is 19.4 Å².